The van der Waals surface area contributed by atoms with Gasteiger partial charge in [0.1, 0.15) is 6.04 Å². The van der Waals surface area contributed by atoms with E-state index in [1.54, 1.807) is 4.72 Å². The first-order chi connectivity index (χ1) is 9.58. The van der Waals surface area contributed by atoms with Crippen LogP contribution in [0.1, 0.15) is 12.0 Å². The van der Waals surface area contributed by atoms with Gasteiger partial charge in [0.2, 0.25) is 10.0 Å². The Bertz CT molecular complexity index is 597. The predicted molar refractivity (Wildman–Crippen MR) is 64.9 cm³/mol. The molecule has 0 bridgehead atoms. The van der Waals surface area contributed by atoms with Gasteiger partial charge >= 0.3 is 12.1 Å². The summed E-state index contributed by atoms with van der Waals surface area (Å²) in [6.45, 7) is -0.563. The summed E-state index contributed by atoms with van der Waals surface area (Å²) in [5.41, 5.74) is -1.02. The molecule has 1 aromatic carbocycles. The number of nitrogens with one attached hydrogen (secondary N) is 1. The van der Waals surface area contributed by atoms with E-state index in [-0.39, 0.29) is 6.42 Å². The number of aliphatic hydroxyl groups excluding tert-OH is 1. The highest BCUT2D eigenvalue weighted by molar-refractivity contribution is 7.89. The van der Waals surface area contributed by atoms with Crippen LogP contribution in [0.5, 0.6) is 0 Å². The van der Waals surface area contributed by atoms with Gasteiger partial charge in [0.25, 0.3) is 0 Å². The Morgan fingerprint density at radius 2 is 1.76 bits per heavy atom. The first-order valence-electron chi connectivity index (χ1n) is 5.61. The van der Waals surface area contributed by atoms with Crippen LogP contribution in [0.4, 0.5) is 13.2 Å². The molecule has 10 heteroatoms. The van der Waals surface area contributed by atoms with Crippen LogP contribution in [0, 0.1) is 0 Å². The van der Waals surface area contributed by atoms with Crippen LogP contribution >= 0.6 is 0 Å². The van der Waals surface area contributed by atoms with Crippen molar-refractivity contribution in [3.8, 4) is 0 Å². The smallest absolute Gasteiger partial charge is 0.416 e. The van der Waals surface area contributed by atoms with E-state index < -0.39 is 45.3 Å². The molecule has 3 N–H and O–H groups in total. The predicted octanol–water partition coefficient (Wildman–Crippen LogP) is 0.819. The number of hydrogen-bond donors (Lipinski definition) is 3. The van der Waals surface area contributed by atoms with Crippen molar-refractivity contribution in [2.75, 3.05) is 6.61 Å². The monoisotopic (exact) mass is 327 g/mol. The van der Waals surface area contributed by atoms with E-state index in [1.807, 2.05) is 0 Å². The number of carboxylic acid groups (broad SMARTS) is 1. The molecule has 118 valence electrons. The normalized spacial score (nSPS) is 13.9. The quantitative estimate of drug-likeness (QED) is 0.718. The SMILES string of the molecule is O=C(O)[C@H](CCO)NS(=O)(=O)c1ccc(C(F)(F)F)cc1. The van der Waals surface area contributed by atoms with Crippen molar-refractivity contribution < 1.29 is 36.6 Å². The summed E-state index contributed by atoms with van der Waals surface area (Å²) in [4.78, 5) is 10.3. The Labute approximate surface area is 118 Å². The van der Waals surface area contributed by atoms with Crippen molar-refractivity contribution in [3.63, 3.8) is 0 Å². The summed E-state index contributed by atoms with van der Waals surface area (Å²) in [5.74, 6) is -1.50. The van der Waals surface area contributed by atoms with Crippen molar-refractivity contribution in [1.82, 2.24) is 4.72 Å². The van der Waals surface area contributed by atoms with Gasteiger partial charge in [-0.2, -0.15) is 17.9 Å². The van der Waals surface area contributed by atoms with Crippen LogP contribution in [0.25, 0.3) is 0 Å². The second kappa shape index (κ2) is 6.41. The maximum absolute atomic E-state index is 12.4. The zero-order valence-electron chi connectivity index (χ0n) is 10.5. The zero-order valence-corrected chi connectivity index (χ0v) is 11.3. The molecule has 21 heavy (non-hydrogen) atoms. The van der Waals surface area contributed by atoms with Gasteiger partial charge in [-0.1, -0.05) is 0 Å². The number of rotatable bonds is 6. The highest BCUT2D eigenvalue weighted by Crippen LogP contribution is 2.29. The Morgan fingerprint density at radius 3 is 2.14 bits per heavy atom. The van der Waals surface area contributed by atoms with Crippen LogP contribution < -0.4 is 4.72 Å². The first-order valence-corrected chi connectivity index (χ1v) is 7.09. The molecule has 1 rings (SSSR count). The second-order valence-electron chi connectivity index (χ2n) is 4.05. The maximum atomic E-state index is 12.4. The highest BCUT2D eigenvalue weighted by atomic mass is 32.2. The lowest BCUT2D eigenvalue weighted by molar-refractivity contribution is -0.139. The fourth-order valence-corrected chi connectivity index (χ4v) is 2.66. The third kappa shape index (κ3) is 4.69. The molecule has 0 unspecified atom stereocenters. The molecule has 0 saturated heterocycles. The number of aliphatic hydroxyl groups is 1. The molecule has 0 heterocycles. The van der Waals surface area contributed by atoms with E-state index in [2.05, 4.69) is 0 Å². The number of alkyl halides is 3. The number of carboxylic acids is 1. The van der Waals surface area contributed by atoms with Crippen molar-refractivity contribution >= 4 is 16.0 Å². The standard InChI is InChI=1S/C11H12F3NO5S/c12-11(13,14)7-1-3-8(4-2-7)21(19,20)15-9(5-6-16)10(17)18/h1-4,9,15-16H,5-6H2,(H,17,18)/t9-/m0/s1. The summed E-state index contributed by atoms with van der Waals surface area (Å²) in [7, 11) is -4.30. The van der Waals surface area contributed by atoms with Gasteiger partial charge < -0.3 is 10.2 Å². The number of halogens is 3. The van der Waals surface area contributed by atoms with Gasteiger partial charge in [-0.25, -0.2) is 8.42 Å². The van der Waals surface area contributed by atoms with Gasteiger partial charge in [0.05, 0.1) is 10.5 Å². The molecule has 0 aliphatic rings. The fourth-order valence-electron chi connectivity index (χ4n) is 1.44. The van der Waals surface area contributed by atoms with Gasteiger partial charge in [-0.15, -0.1) is 0 Å². The summed E-state index contributed by atoms with van der Waals surface area (Å²) in [6.07, 6.45) is -4.97. The number of carbonyl (C=O) groups is 1. The number of aliphatic carboxylic acids is 1. The van der Waals surface area contributed by atoms with E-state index in [1.165, 1.54) is 0 Å². The molecule has 6 nitrogen and oxygen atoms in total. The molecule has 1 aromatic rings. The molecular formula is C11H12F3NO5S. The molecule has 0 aliphatic carbocycles. The average molecular weight is 327 g/mol. The summed E-state index contributed by atoms with van der Waals surface area (Å²) in [5, 5.41) is 17.4. The van der Waals surface area contributed by atoms with E-state index in [0.717, 1.165) is 12.1 Å². The Kier molecular flexibility index (Phi) is 5.31. The summed E-state index contributed by atoms with van der Waals surface area (Å²) < 4.78 is 62.6. The van der Waals surface area contributed by atoms with Crippen molar-refractivity contribution in [3.05, 3.63) is 29.8 Å². The maximum Gasteiger partial charge on any atom is 0.416 e. The lowest BCUT2D eigenvalue weighted by Crippen LogP contribution is -2.41. The first kappa shape index (κ1) is 17.4. The van der Waals surface area contributed by atoms with Crippen LogP contribution in [0.2, 0.25) is 0 Å². The molecule has 0 aromatic heterocycles. The zero-order chi connectivity index (χ0) is 16.3. The number of hydrogen-bond acceptors (Lipinski definition) is 4. The lowest BCUT2D eigenvalue weighted by Gasteiger charge is -2.14. The minimum atomic E-state index is -4.60. The molecule has 0 saturated carbocycles. The Balaban J connectivity index is 3.00. The summed E-state index contributed by atoms with van der Waals surface area (Å²) >= 11 is 0. The van der Waals surface area contributed by atoms with E-state index in [0.29, 0.717) is 12.1 Å². The van der Waals surface area contributed by atoms with Gasteiger partial charge in [-0.05, 0) is 30.7 Å². The number of benzene rings is 1. The van der Waals surface area contributed by atoms with Gasteiger partial charge in [0.15, 0.2) is 0 Å². The Hall–Kier alpha value is -1.65. The number of sulfonamides is 1. The van der Waals surface area contributed by atoms with Crippen LogP contribution in [-0.2, 0) is 21.0 Å². The summed E-state index contributed by atoms with van der Waals surface area (Å²) in [6, 6.07) is 1.04. The van der Waals surface area contributed by atoms with Gasteiger partial charge in [0, 0.05) is 6.61 Å². The van der Waals surface area contributed by atoms with Crippen molar-refractivity contribution in [2.45, 2.75) is 23.5 Å². The Morgan fingerprint density at radius 1 is 1.24 bits per heavy atom. The van der Waals surface area contributed by atoms with E-state index >= 15 is 0 Å². The lowest BCUT2D eigenvalue weighted by atomic mass is 10.2. The molecular weight excluding hydrogens is 315 g/mol. The van der Waals surface area contributed by atoms with Gasteiger partial charge in [-0.3, -0.25) is 4.79 Å². The van der Waals surface area contributed by atoms with E-state index in [4.69, 9.17) is 10.2 Å². The van der Waals surface area contributed by atoms with Crippen LogP contribution in [0.3, 0.4) is 0 Å². The molecule has 1 atom stereocenters. The molecule has 0 aliphatic heterocycles. The third-order valence-electron chi connectivity index (χ3n) is 2.51. The second-order valence-corrected chi connectivity index (χ2v) is 5.76. The van der Waals surface area contributed by atoms with Crippen LogP contribution in [-0.4, -0.2) is 37.2 Å². The fraction of sp³-hybridized carbons (Fsp3) is 0.364. The highest BCUT2D eigenvalue weighted by Gasteiger charge is 2.31. The minimum absolute atomic E-state index is 0.366. The van der Waals surface area contributed by atoms with Crippen molar-refractivity contribution in [1.29, 1.82) is 0 Å². The van der Waals surface area contributed by atoms with Crippen LogP contribution in [0.15, 0.2) is 29.2 Å². The van der Waals surface area contributed by atoms with E-state index in [9.17, 15) is 26.4 Å². The minimum Gasteiger partial charge on any atom is -0.480 e. The molecule has 0 radical (unpaired) electrons. The average Bonchev–Trinajstić information content (AvgIpc) is 2.37. The largest absolute Gasteiger partial charge is 0.480 e. The third-order valence-corrected chi connectivity index (χ3v) is 3.99. The molecule has 0 fully saturated rings. The molecule has 0 spiro atoms. The van der Waals surface area contributed by atoms with Crippen molar-refractivity contribution in [2.24, 2.45) is 0 Å². The molecule has 0 amide bonds. The topological polar surface area (TPSA) is 104 Å².